The molecule has 0 aliphatic rings. The molecule has 0 spiro atoms. The highest BCUT2D eigenvalue weighted by atomic mass is 32.1. The number of aryl methyl sites for hydroxylation is 1. The number of carbonyl (C=O) groups is 1. The Morgan fingerprint density at radius 2 is 2.00 bits per heavy atom. The number of fused-ring (bicyclic) bond motifs is 1. The third kappa shape index (κ3) is 3.88. The first-order valence-corrected chi connectivity index (χ1v) is 8.48. The Labute approximate surface area is 148 Å². The Hall–Kier alpha value is -2.67. The molecule has 3 rings (SSSR count). The second-order valence-corrected chi connectivity index (χ2v) is 6.37. The molecule has 7 heteroatoms. The fraction of sp³-hybridized carbons (Fsp3) is 0.222. The zero-order chi connectivity index (χ0) is 17.8. The van der Waals surface area contributed by atoms with Crippen LogP contribution in [-0.2, 0) is 11.2 Å². The van der Waals surface area contributed by atoms with E-state index in [1.54, 1.807) is 26.4 Å². The first kappa shape index (κ1) is 17.2. The fourth-order valence-corrected chi connectivity index (χ4v) is 3.34. The van der Waals surface area contributed by atoms with Crippen molar-refractivity contribution in [2.45, 2.75) is 12.8 Å². The van der Waals surface area contributed by atoms with Crippen molar-refractivity contribution < 1.29 is 18.7 Å². The van der Waals surface area contributed by atoms with Gasteiger partial charge in [0.2, 0.25) is 5.91 Å². The summed E-state index contributed by atoms with van der Waals surface area (Å²) in [6.07, 6.45) is 0.833. The van der Waals surface area contributed by atoms with Crippen LogP contribution < -0.4 is 14.8 Å². The molecule has 0 unspecified atom stereocenters. The molecule has 25 heavy (non-hydrogen) atoms. The lowest BCUT2D eigenvalue weighted by Gasteiger charge is -2.09. The molecule has 2 aromatic carbocycles. The summed E-state index contributed by atoms with van der Waals surface area (Å²) < 4.78 is 24.8. The van der Waals surface area contributed by atoms with Crippen LogP contribution in [0.4, 0.5) is 9.52 Å². The van der Waals surface area contributed by atoms with Crippen molar-refractivity contribution in [1.29, 1.82) is 0 Å². The van der Waals surface area contributed by atoms with Crippen LogP contribution in [0.2, 0.25) is 0 Å². The van der Waals surface area contributed by atoms with Crippen LogP contribution in [0.15, 0.2) is 36.4 Å². The second kappa shape index (κ2) is 7.48. The number of benzene rings is 2. The summed E-state index contributed by atoms with van der Waals surface area (Å²) in [6, 6.07) is 10.3. The molecule has 0 aliphatic carbocycles. The maximum atomic E-state index is 13.6. The smallest absolute Gasteiger partial charge is 0.226 e. The maximum absolute atomic E-state index is 13.6. The molecule has 1 N–H and O–H groups in total. The number of methoxy groups -OCH3 is 2. The van der Waals surface area contributed by atoms with Crippen molar-refractivity contribution in [2.75, 3.05) is 19.5 Å². The number of nitrogens with one attached hydrogen (secondary N) is 1. The number of thiazole rings is 1. The number of amides is 1. The minimum Gasteiger partial charge on any atom is -0.493 e. The molecule has 5 nitrogen and oxygen atoms in total. The van der Waals surface area contributed by atoms with E-state index < -0.39 is 0 Å². The number of carbonyl (C=O) groups excluding carboxylic acids is 1. The van der Waals surface area contributed by atoms with Gasteiger partial charge in [-0.2, -0.15) is 0 Å². The van der Waals surface area contributed by atoms with E-state index in [1.165, 1.54) is 17.4 Å². The van der Waals surface area contributed by atoms with Crippen LogP contribution in [0.3, 0.4) is 0 Å². The predicted octanol–water partition coefficient (Wildman–Crippen LogP) is 4.02. The van der Waals surface area contributed by atoms with Gasteiger partial charge in [0.15, 0.2) is 16.6 Å². The minimum atomic E-state index is -0.389. The third-order valence-electron chi connectivity index (χ3n) is 3.70. The number of nitrogens with zero attached hydrogens (tertiary/aromatic N) is 1. The molecular weight excluding hydrogens is 343 g/mol. The van der Waals surface area contributed by atoms with Gasteiger partial charge in [0.1, 0.15) is 11.3 Å². The first-order chi connectivity index (χ1) is 12.1. The third-order valence-corrected chi connectivity index (χ3v) is 4.64. The van der Waals surface area contributed by atoms with E-state index in [2.05, 4.69) is 10.3 Å². The number of hydrogen-bond acceptors (Lipinski definition) is 5. The topological polar surface area (TPSA) is 60.5 Å². The Morgan fingerprint density at radius 3 is 2.72 bits per heavy atom. The molecule has 0 saturated carbocycles. The number of aromatic nitrogens is 1. The van der Waals surface area contributed by atoms with Gasteiger partial charge in [-0.1, -0.05) is 23.5 Å². The molecule has 1 heterocycles. The summed E-state index contributed by atoms with van der Waals surface area (Å²) in [7, 11) is 3.15. The number of ether oxygens (including phenoxy) is 2. The Morgan fingerprint density at radius 1 is 1.20 bits per heavy atom. The number of anilines is 1. The molecule has 1 amide bonds. The van der Waals surface area contributed by atoms with Crippen molar-refractivity contribution >= 4 is 32.6 Å². The molecule has 130 valence electrons. The van der Waals surface area contributed by atoms with Gasteiger partial charge in [-0.15, -0.1) is 0 Å². The Bertz CT molecular complexity index is 910. The number of para-hydroxylation sites is 1. The van der Waals surface area contributed by atoms with Crippen LogP contribution >= 0.6 is 11.3 Å². The molecule has 0 fully saturated rings. The van der Waals surface area contributed by atoms with Crippen LogP contribution in [0.5, 0.6) is 11.5 Å². The lowest BCUT2D eigenvalue weighted by Crippen LogP contribution is -2.12. The van der Waals surface area contributed by atoms with E-state index in [4.69, 9.17) is 9.47 Å². The van der Waals surface area contributed by atoms with Gasteiger partial charge in [-0.3, -0.25) is 4.79 Å². The van der Waals surface area contributed by atoms with Crippen molar-refractivity contribution in [3.05, 3.63) is 47.8 Å². The zero-order valence-corrected chi connectivity index (χ0v) is 14.7. The van der Waals surface area contributed by atoms with Gasteiger partial charge in [0.25, 0.3) is 0 Å². The normalized spacial score (nSPS) is 10.7. The monoisotopic (exact) mass is 360 g/mol. The average Bonchev–Trinajstić information content (AvgIpc) is 3.03. The molecule has 1 aromatic heterocycles. The molecule has 0 aliphatic heterocycles. The van der Waals surface area contributed by atoms with Crippen LogP contribution in [0.1, 0.15) is 12.0 Å². The minimum absolute atomic E-state index is 0.172. The predicted molar refractivity (Wildman–Crippen MR) is 96.1 cm³/mol. The van der Waals surface area contributed by atoms with Gasteiger partial charge in [-0.25, -0.2) is 9.37 Å². The lowest BCUT2D eigenvalue weighted by molar-refractivity contribution is -0.116. The molecule has 0 saturated heterocycles. The second-order valence-electron chi connectivity index (χ2n) is 5.34. The summed E-state index contributed by atoms with van der Waals surface area (Å²) in [5, 5.41) is 3.13. The van der Waals surface area contributed by atoms with Gasteiger partial charge >= 0.3 is 0 Å². The lowest BCUT2D eigenvalue weighted by atomic mass is 10.1. The number of hydrogen-bond donors (Lipinski definition) is 1. The quantitative estimate of drug-likeness (QED) is 0.721. The summed E-state index contributed by atoms with van der Waals surface area (Å²) in [5.41, 5.74) is 1.24. The van der Waals surface area contributed by atoms with E-state index in [0.717, 1.165) is 5.56 Å². The summed E-state index contributed by atoms with van der Waals surface area (Å²) in [4.78, 5) is 16.3. The summed E-state index contributed by atoms with van der Waals surface area (Å²) in [6.45, 7) is 0. The van der Waals surface area contributed by atoms with Crippen molar-refractivity contribution in [1.82, 2.24) is 4.98 Å². The standard InChI is InChI=1S/C18H17FN2O3S/c1-23-13-8-6-11(10-14(13)24-2)7-9-16(22)20-18-21-17-12(19)4-3-5-15(17)25-18/h3-6,8,10H,7,9H2,1-2H3,(H,20,21,22). The van der Waals surface area contributed by atoms with E-state index in [9.17, 15) is 9.18 Å². The van der Waals surface area contributed by atoms with Crippen LogP contribution in [-0.4, -0.2) is 25.1 Å². The number of rotatable bonds is 6. The van der Waals surface area contributed by atoms with Crippen molar-refractivity contribution in [3.8, 4) is 11.5 Å². The summed E-state index contributed by atoms with van der Waals surface area (Å²) in [5.74, 6) is 0.711. The highest BCUT2D eigenvalue weighted by Gasteiger charge is 2.11. The van der Waals surface area contributed by atoms with Crippen molar-refractivity contribution in [2.24, 2.45) is 0 Å². The number of halogens is 1. The Balaban J connectivity index is 1.63. The molecule has 3 aromatic rings. The van der Waals surface area contributed by atoms with E-state index in [1.807, 2.05) is 18.2 Å². The molecule has 0 radical (unpaired) electrons. The highest BCUT2D eigenvalue weighted by molar-refractivity contribution is 7.22. The zero-order valence-electron chi connectivity index (χ0n) is 13.8. The summed E-state index contributed by atoms with van der Waals surface area (Å²) >= 11 is 1.25. The van der Waals surface area contributed by atoms with E-state index in [-0.39, 0.29) is 23.7 Å². The highest BCUT2D eigenvalue weighted by Crippen LogP contribution is 2.29. The van der Waals surface area contributed by atoms with Gasteiger partial charge in [0, 0.05) is 6.42 Å². The largest absolute Gasteiger partial charge is 0.493 e. The molecule has 0 bridgehead atoms. The van der Waals surface area contributed by atoms with E-state index >= 15 is 0 Å². The van der Waals surface area contributed by atoms with Gasteiger partial charge in [0.05, 0.1) is 18.9 Å². The first-order valence-electron chi connectivity index (χ1n) is 7.66. The molecular formula is C18H17FN2O3S. The van der Waals surface area contributed by atoms with Crippen LogP contribution in [0.25, 0.3) is 10.2 Å². The fourth-order valence-electron chi connectivity index (χ4n) is 2.44. The van der Waals surface area contributed by atoms with E-state index in [0.29, 0.717) is 27.8 Å². The SMILES string of the molecule is COc1ccc(CCC(=O)Nc2nc3c(F)cccc3s2)cc1OC. The van der Waals surface area contributed by atoms with Crippen molar-refractivity contribution in [3.63, 3.8) is 0 Å². The Kier molecular flexibility index (Phi) is 5.14. The van der Waals surface area contributed by atoms with Gasteiger partial charge < -0.3 is 14.8 Å². The molecule has 0 atom stereocenters. The van der Waals surface area contributed by atoms with Crippen LogP contribution in [0, 0.1) is 5.82 Å². The maximum Gasteiger partial charge on any atom is 0.226 e. The average molecular weight is 360 g/mol. The van der Waals surface area contributed by atoms with Gasteiger partial charge in [-0.05, 0) is 36.2 Å².